The van der Waals surface area contributed by atoms with E-state index in [0.717, 1.165) is 13.1 Å². The van der Waals surface area contributed by atoms with Crippen molar-refractivity contribution in [1.82, 2.24) is 10.2 Å². The summed E-state index contributed by atoms with van der Waals surface area (Å²) in [4.78, 5) is 2.08. The van der Waals surface area contributed by atoms with Crippen LogP contribution < -0.4 is 10.1 Å². The molecule has 4 heteroatoms. The second-order valence-electron chi connectivity index (χ2n) is 4.77. The SMILES string of the molecule is COc1cccc(F)c1CN(C)CCNC(C)C. The number of likely N-dealkylation sites (N-methyl/N-ethyl adjacent to an activating group) is 1. The number of methoxy groups -OCH3 is 1. The van der Waals surface area contributed by atoms with E-state index >= 15 is 0 Å². The average Bonchev–Trinajstić information content (AvgIpc) is 2.31. The van der Waals surface area contributed by atoms with Gasteiger partial charge in [-0.1, -0.05) is 19.9 Å². The van der Waals surface area contributed by atoms with E-state index in [1.807, 2.05) is 7.05 Å². The number of nitrogens with one attached hydrogen (secondary N) is 1. The fraction of sp³-hybridized carbons (Fsp3) is 0.571. The lowest BCUT2D eigenvalue weighted by Gasteiger charge is -2.19. The summed E-state index contributed by atoms with van der Waals surface area (Å²) in [6.45, 7) is 6.54. The van der Waals surface area contributed by atoms with Crippen LogP contribution in [0.15, 0.2) is 18.2 Å². The number of halogens is 1. The second kappa shape index (κ2) is 7.34. The maximum absolute atomic E-state index is 13.7. The van der Waals surface area contributed by atoms with Crippen molar-refractivity contribution in [3.8, 4) is 5.75 Å². The van der Waals surface area contributed by atoms with Crippen LogP contribution in [-0.2, 0) is 6.54 Å². The van der Waals surface area contributed by atoms with Crippen molar-refractivity contribution in [2.24, 2.45) is 0 Å². The van der Waals surface area contributed by atoms with Gasteiger partial charge in [-0.2, -0.15) is 0 Å². The highest BCUT2D eigenvalue weighted by Crippen LogP contribution is 2.22. The zero-order valence-electron chi connectivity index (χ0n) is 11.7. The molecule has 102 valence electrons. The first-order valence-corrected chi connectivity index (χ1v) is 6.28. The van der Waals surface area contributed by atoms with Gasteiger partial charge < -0.3 is 15.0 Å². The van der Waals surface area contributed by atoms with E-state index in [9.17, 15) is 4.39 Å². The van der Waals surface area contributed by atoms with Crippen LogP contribution in [-0.4, -0.2) is 38.2 Å². The summed E-state index contributed by atoms with van der Waals surface area (Å²) in [5.41, 5.74) is 0.618. The van der Waals surface area contributed by atoms with E-state index in [4.69, 9.17) is 4.74 Å². The molecule has 0 bridgehead atoms. The van der Waals surface area contributed by atoms with Crippen LogP contribution in [0.1, 0.15) is 19.4 Å². The molecule has 0 unspecified atom stereocenters. The van der Waals surface area contributed by atoms with Crippen molar-refractivity contribution < 1.29 is 9.13 Å². The number of ether oxygens (including phenoxy) is 1. The van der Waals surface area contributed by atoms with E-state index in [-0.39, 0.29) is 5.82 Å². The van der Waals surface area contributed by atoms with E-state index in [2.05, 4.69) is 24.1 Å². The Balaban J connectivity index is 2.55. The Morgan fingerprint density at radius 3 is 2.72 bits per heavy atom. The van der Waals surface area contributed by atoms with Crippen molar-refractivity contribution in [3.63, 3.8) is 0 Å². The highest BCUT2D eigenvalue weighted by molar-refractivity contribution is 5.34. The molecule has 0 aliphatic heterocycles. The van der Waals surface area contributed by atoms with Gasteiger partial charge >= 0.3 is 0 Å². The van der Waals surface area contributed by atoms with Crippen molar-refractivity contribution in [2.45, 2.75) is 26.4 Å². The Morgan fingerprint density at radius 2 is 2.11 bits per heavy atom. The molecule has 0 saturated carbocycles. The zero-order chi connectivity index (χ0) is 13.5. The van der Waals surface area contributed by atoms with Crippen molar-refractivity contribution in [1.29, 1.82) is 0 Å². The van der Waals surface area contributed by atoms with E-state index in [1.54, 1.807) is 19.2 Å². The molecule has 1 aromatic carbocycles. The zero-order valence-corrected chi connectivity index (χ0v) is 11.7. The highest BCUT2D eigenvalue weighted by atomic mass is 19.1. The van der Waals surface area contributed by atoms with Crippen molar-refractivity contribution >= 4 is 0 Å². The van der Waals surface area contributed by atoms with Gasteiger partial charge in [-0.05, 0) is 19.2 Å². The molecule has 1 rings (SSSR count). The van der Waals surface area contributed by atoms with Crippen LogP contribution >= 0.6 is 0 Å². The molecule has 1 aromatic rings. The summed E-state index contributed by atoms with van der Waals surface area (Å²) in [6.07, 6.45) is 0. The molecular weight excluding hydrogens is 231 g/mol. The molecule has 3 nitrogen and oxygen atoms in total. The second-order valence-corrected chi connectivity index (χ2v) is 4.77. The number of nitrogens with zero attached hydrogens (tertiary/aromatic N) is 1. The van der Waals surface area contributed by atoms with Gasteiger partial charge in [-0.25, -0.2) is 4.39 Å². The summed E-state index contributed by atoms with van der Waals surface area (Å²) in [6, 6.07) is 5.40. The lowest BCUT2D eigenvalue weighted by Crippen LogP contribution is -2.32. The highest BCUT2D eigenvalue weighted by Gasteiger charge is 2.11. The molecule has 1 N–H and O–H groups in total. The number of hydrogen-bond acceptors (Lipinski definition) is 3. The first-order valence-electron chi connectivity index (χ1n) is 6.28. The van der Waals surface area contributed by atoms with Crippen LogP contribution in [0.4, 0.5) is 4.39 Å². The largest absolute Gasteiger partial charge is 0.496 e. The van der Waals surface area contributed by atoms with Crippen LogP contribution in [0.5, 0.6) is 5.75 Å². The standard InChI is InChI=1S/C14H23FN2O/c1-11(2)16-8-9-17(3)10-12-13(15)6-5-7-14(12)18-4/h5-7,11,16H,8-10H2,1-4H3. The molecule has 0 radical (unpaired) electrons. The quantitative estimate of drug-likeness (QED) is 0.808. The lowest BCUT2D eigenvalue weighted by atomic mass is 10.1. The Labute approximate surface area is 109 Å². The van der Waals surface area contributed by atoms with E-state index < -0.39 is 0 Å². The van der Waals surface area contributed by atoms with Gasteiger partial charge in [-0.3, -0.25) is 0 Å². The van der Waals surface area contributed by atoms with Gasteiger partial charge in [0.15, 0.2) is 0 Å². The first-order chi connectivity index (χ1) is 8.54. The predicted molar refractivity (Wildman–Crippen MR) is 72.4 cm³/mol. The predicted octanol–water partition coefficient (Wildman–Crippen LogP) is 2.26. The minimum absolute atomic E-state index is 0.210. The third-order valence-electron chi connectivity index (χ3n) is 2.77. The maximum Gasteiger partial charge on any atom is 0.131 e. The van der Waals surface area contributed by atoms with Crippen molar-refractivity contribution in [2.75, 3.05) is 27.2 Å². The van der Waals surface area contributed by atoms with E-state index in [0.29, 0.717) is 23.9 Å². The van der Waals surface area contributed by atoms with Gasteiger partial charge in [0.25, 0.3) is 0 Å². The molecule has 0 heterocycles. The third-order valence-corrected chi connectivity index (χ3v) is 2.77. The van der Waals surface area contributed by atoms with Gasteiger partial charge in [0.05, 0.1) is 7.11 Å². The molecule has 0 aliphatic rings. The monoisotopic (exact) mass is 254 g/mol. The fourth-order valence-corrected chi connectivity index (χ4v) is 1.78. The lowest BCUT2D eigenvalue weighted by molar-refractivity contribution is 0.305. The van der Waals surface area contributed by atoms with Crippen LogP contribution in [0.2, 0.25) is 0 Å². The topological polar surface area (TPSA) is 24.5 Å². The molecule has 0 fully saturated rings. The normalized spacial score (nSPS) is 11.3. The Morgan fingerprint density at radius 1 is 1.39 bits per heavy atom. The van der Waals surface area contributed by atoms with Crippen LogP contribution in [0.3, 0.4) is 0 Å². The number of rotatable bonds is 7. The molecule has 18 heavy (non-hydrogen) atoms. The number of hydrogen-bond donors (Lipinski definition) is 1. The average molecular weight is 254 g/mol. The smallest absolute Gasteiger partial charge is 0.131 e. The summed E-state index contributed by atoms with van der Waals surface area (Å²) in [7, 11) is 3.55. The summed E-state index contributed by atoms with van der Waals surface area (Å²) < 4.78 is 18.9. The van der Waals surface area contributed by atoms with E-state index in [1.165, 1.54) is 6.07 Å². The summed E-state index contributed by atoms with van der Waals surface area (Å²) >= 11 is 0. The Bertz CT molecular complexity index is 369. The molecular formula is C14H23FN2O. The van der Waals surface area contributed by atoms with Gasteiger partial charge in [0.1, 0.15) is 11.6 Å². The molecule has 0 spiro atoms. The van der Waals surface area contributed by atoms with Gasteiger partial charge in [0.2, 0.25) is 0 Å². The third kappa shape index (κ3) is 4.63. The maximum atomic E-state index is 13.7. The Hall–Kier alpha value is -1.13. The molecule has 0 saturated heterocycles. The minimum atomic E-state index is -0.210. The molecule has 0 atom stereocenters. The van der Waals surface area contributed by atoms with Gasteiger partial charge in [-0.15, -0.1) is 0 Å². The van der Waals surface area contributed by atoms with Crippen molar-refractivity contribution in [3.05, 3.63) is 29.6 Å². The van der Waals surface area contributed by atoms with Crippen LogP contribution in [0, 0.1) is 5.82 Å². The fourth-order valence-electron chi connectivity index (χ4n) is 1.78. The van der Waals surface area contributed by atoms with Crippen LogP contribution in [0.25, 0.3) is 0 Å². The number of benzene rings is 1. The molecule has 0 aliphatic carbocycles. The molecule has 0 aromatic heterocycles. The minimum Gasteiger partial charge on any atom is -0.496 e. The van der Waals surface area contributed by atoms with Gasteiger partial charge in [0, 0.05) is 31.2 Å². The first kappa shape index (κ1) is 14.9. The summed E-state index contributed by atoms with van der Waals surface area (Å²) in [5, 5.41) is 3.34. The molecule has 0 amide bonds. The Kier molecular flexibility index (Phi) is 6.09. The summed E-state index contributed by atoms with van der Waals surface area (Å²) in [5.74, 6) is 0.400.